The molecule has 0 saturated carbocycles. The molecule has 3 heterocycles. The lowest BCUT2D eigenvalue weighted by Gasteiger charge is -2.12. The number of ketones is 1. The Morgan fingerprint density at radius 1 is 1.13 bits per heavy atom. The van der Waals surface area contributed by atoms with Crippen LogP contribution >= 0.6 is 39.0 Å². The molecule has 152 valence electrons. The van der Waals surface area contributed by atoms with Crippen LogP contribution in [0, 0.1) is 0 Å². The lowest BCUT2D eigenvalue weighted by Crippen LogP contribution is -2.25. The van der Waals surface area contributed by atoms with Gasteiger partial charge in [0.05, 0.1) is 22.2 Å². The molecule has 4 aromatic rings. The number of benzene rings is 1. The number of hydrogen-bond donors (Lipinski definition) is 0. The van der Waals surface area contributed by atoms with Crippen LogP contribution in [0.5, 0.6) is 0 Å². The van der Waals surface area contributed by atoms with E-state index in [-0.39, 0.29) is 34.7 Å². The Balaban J connectivity index is 1.56. The number of aryl methyl sites for hydroxylation is 1. The van der Waals surface area contributed by atoms with Crippen LogP contribution in [0.15, 0.2) is 62.7 Å². The van der Waals surface area contributed by atoms with Crippen molar-refractivity contribution in [2.75, 3.05) is 5.75 Å². The predicted molar refractivity (Wildman–Crippen MR) is 121 cm³/mol. The average Bonchev–Trinajstić information content (AvgIpc) is 3.17. The second-order valence-corrected chi connectivity index (χ2v) is 9.81. The first-order chi connectivity index (χ1) is 14.6. The zero-order chi connectivity index (χ0) is 20.9. The van der Waals surface area contributed by atoms with Gasteiger partial charge in [0.2, 0.25) is 0 Å². The minimum atomic E-state index is -0.247. The molecule has 0 aliphatic heterocycles. The van der Waals surface area contributed by atoms with E-state index in [2.05, 4.69) is 35.9 Å². The Bertz CT molecular complexity index is 1240. The number of thioether (sulfide) groups is 1. The molecule has 0 aliphatic carbocycles. The Labute approximate surface area is 188 Å². The number of carbonyl (C=O) groups excluding carboxylic acids is 1. The van der Waals surface area contributed by atoms with Crippen LogP contribution < -0.4 is 5.56 Å². The fourth-order valence-corrected chi connectivity index (χ4v) is 5.06. The fourth-order valence-electron chi connectivity index (χ4n) is 2.86. The highest BCUT2D eigenvalue weighted by atomic mass is 79.9. The number of carbonyl (C=O) groups is 1. The molecule has 3 aromatic heterocycles. The van der Waals surface area contributed by atoms with E-state index in [0.29, 0.717) is 18.1 Å². The van der Waals surface area contributed by atoms with Gasteiger partial charge in [-0.25, -0.2) is 19.9 Å². The maximum Gasteiger partial charge on any atom is 0.282 e. The molecular weight excluding hydrogens is 486 g/mol. The van der Waals surface area contributed by atoms with Crippen molar-refractivity contribution in [3.63, 3.8) is 0 Å². The zero-order valence-corrected chi connectivity index (χ0v) is 18.9. The van der Waals surface area contributed by atoms with E-state index in [1.54, 1.807) is 10.8 Å². The van der Waals surface area contributed by atoms with Gasteiger partial charge in [0, 0.05) is 18.9 Å². The van der Waals surface area contributed by atoms with Gasteiger partial charge >= 0.3 is 0 Å². The third-order valence-electron chi connectivity index (χ3n) is 4.26. The number of halogens is 1. The van der Waals surface area contributed by atoms with Crippen LogP contribution in [-0.2, 0) is 24.2 Å². The third-order valence-corrected chi connectivity index (χ3v) is 6.77. The topological polar surface area (TPSA) is 90.6 Å². The standard InChI is InChI=1S/C20H16BrN5O2S2/c21-15-11-24-16(30-15)10-14(27)12-29-20-25-18-17(22-7-8-23-18)19(28)26(20)9-6-13-4-2-1-3-5-13/h1-5,7-8,11H,6,9-10,12H2. The summed E-state index contributed by atoms with van der Waals surface area (Å²) in [6.07, 6.45) is 5.59. The van der Waals surface area contributed by atoms with Gasteiger partial charge in [0.15, 0.2) is 16.3 Å². The van der Waals surface area contributed by atoms with Crippen LogP contribution in [0.4, 0.5) is 0 Å². The van der Waals surface area contributed by atoms with Crippen molar-refractivity contribution in [2.45, 2.75) is 24.5 Å². The van der Waals surface area contributed by atoms with Gasteiger partial charge in [-0.05, 0) is 27.9 Å². The maximum absolute atomic E-state index is 13.0. The molecule has 0 saturated heterocycles. The van der Waals surface area contributed by atoms with E-state index in [4.69, 9.17) is 0 Å². The van der Waals surface area contributed by atoms with Crippen molar-refractivity contribution >= 4 is 56.0 Å². The average molecular weight is 502 g/mol. The first-order valence-electron chi connectivity index (χ1n) is 9.10. The second-order valence-electron chi connectivity index (χ2n) is 6.38. The van der Waals surface area contributed by atoms with E-state index in [1.807, 2.05) is 30.3 Å². The van der Waals surface area contributed by atoms with E-state index in [9.17, 15) is 9.59 Å². The van der Waals surface area contributed by atoms with Crippen molar-refractivity contribution in [3.05, 3.63) is 73.6 Å². The first-order valence-corrected chi connectivity index (χ1v) is 11.7. The summed E-state index contributed by atoms with van der Waals surface area (Å²) in [4.78, 5) is 42.5. The summed E-state index contributed by atoms with van der Waals surface area (Å²) in [6.45, 7) is 0.443. The highest BCUT2D eigenvalue weighted by Gasteiger charge is 2.15. The van der Waals surface area contributed by atoms with Crippen LogP contribution in [0.25, 0.3) is 11.2 Å². The van der Waals surface area contributed by atoms with Crippen molar-refractivity contribution < 1.29 is 4.79 Å². The van der Waals surface area contributed by atoms with E-state index >= 15 is 0 Å². The molecular formula is C20H16BrN5O2S2. The van der Waals surface area contributed by atoms with Crippen molar-refractivity contribution in [3.8, 4) is 0 Å². The van der Waals surface area contributed by atoms with E-state index in [1.165, 1.54) is 35.5 Å². The normalized spacial score (nSPS) is 11.1. The Morgan fingerprint density at radius 3 is 2.70 bits per heavy atom. The van der Waals surface area contributed by atoms with Crippen LogP contribution in [0.1, 0.15) is 10.6 Å². The third kappa shape index (κ3) is 5.00. The van der Waals surface area contributed by atoms with Crippen molar-refractivity contribution in [1.82, 2.24) is 24.5 Å². The number of nitrogens with zero attached hydrogens (tertiary/aromatic N) is 5. The molecule has 0 radical (unpaired) electrons. The molecule has 0 atom stereocenters. The smallest absolute Gasteiger partial charge is 0.282 e. The summed E-state index contributed by atoms with van der Waals surface area (Å²) in [5.41, 5.74) is 1.39. The lowest BCUT2D eigenvalue weighted by atomic mass is 10.1. The first kappa shape index (κ1) is 20.8. The molecule has 0 spiro atoms. The van der Waals surface area contributed by atoms with Crippen LogP contribution in [0.2, 0.25) is 0 Å². The summed E-state index contributed by atoms with van der Waals surface area (Å²) in [6, 6.07) is 9.92. The number of aromatic nitrogens is 5. The second kappa shape index (κ2) is 9.59. The monoisotopic (exact) mass is 501 g/mol. The van der Waals surface area contributed by atoms with Crippen LogP contribution in [-0.4, -0.2) is 36.0 Å². The SMILES string of the molecule is O=C(CSc1nc2nccnc2c(=O)n1CCc1ccccc1)Cc1ncc(Br)s1. The minimum Gasteiger partial charge on any atom is -0.298 e. The van der Waals surface area contributed by atoms with Gasteiger partial charge < -0.3 is 0 Å². The number of rotatable bonds is 8. The Kier molecular flexibility index (Phi) is 6.66. The minimum absolute atomic E-state index is 0.0185. The Hall–Kier alpha value is -2.43. The van der Waals surface area contributed by atoms with Gasteiger partial charge in [0.1, 0.15) is 10.8 Å². The summed E-state index contributed by atoms with van der Waals surface area (Å²) in [5, 5.41) is 1.23. The molecule has 1 aromatic carbocycles. The van der Waals surface area contributed by atoms with Crippen molar-refractivity contribution in [2.24, 2.45) is 0 Å². The highest BCUT2D eigenvalue weighted by molar-refractivity contribution is 9.11. The molecule has 30 heavy (non-hydrogen) atoms. The fraction of sp³-hybridized carbons (Fsp3) is 0.200. The van der Waals surface area contributed by atoms with Crippen LogP contribution in [0.3, 0.4) is 0 Å². The predicted octanol–water partition coefficient (Wildman–Crippen LogP) is 3.55. The molecule has 0 aliphatic rings. The number of thiazole rings is 1. The number of hydrogen-bond acceptors (Lipinski definition) is 8. The van der Waals surface area contributed by atoms with E-state index in [0.717, 1.165) is 14.4 Å². The van der Waals surface area contributed by atoms with Gasteiger partial charge in [-0.1, -0.05) is 42.1 Å². The summed E-state index contributed by atoms with van der Waals surface area (Å²) >= 11 is 6.04. The largest absolute Gasteiger partial charge is 0.298 e. The summed E-state index contributed by atoms with van der Waals surface area (Å²) < 4.78 is 2.48. The van der Waals surface area contributed by atoms with E-state index < -0.39 is 0 Å². The summed E-state index contributed by atoms with van der Waals surface area (Å²) in [5.74, 6) is 0.214. The van der Waals surface area contributed by atoms with Gasteiger partial charge in [-0.2, -0.15) is 0 Å². The maximum atomic E-state index is 13.0. The Morgan fingerprint density at radius 2 is 1.93 bits per heavy atom. The molecule has 0 bridgehead atoms. The van der Waals surface area contributed by atoms with Gasteiger partial charge in [-0.15, -0.1) is 11.3 Å². The number of Topliss-reactive ketones (excluding diaryl/α,β-unsaturated/α-hetero) is 1. The molecule has 10 heteroatoms. The zero-order valence-electron chi connectivity index (χ0n) is 15.7. The van der Waals surface area contributed by atoms with Crippen molar-refractivity contribution in [1.29, 1.82) is 0 Å². The highest BCUT2D eigenvalue weighted by Crippen LogP contribution is 2.21. The lowest BCUT2D eigenvalue weighted by molar-refractivity contribution is -0.116. The molecule has 4 rings (SSSR count). The molecule has 7 nitrogen and oxygen atoms in total. The van der Waals surface area contributed by atoms with Gasteiger partial charge in [0.25, 0.3) is 5.56 Å². The molecule has 0 N–H and O–H groups in total. The molecule has 0 unspecified atom stereocenters. The van der Waals surface area contributed by atoms with Gasteiger partial charge in [-0.3, -0.25) is 14.2 Å². The summed E-state index contributed by atoms with van der Waals surface area (Å²) in [7, 11) is 0. The molecule has 0 fully saturated rings. The number of fused-ring (bicyclic) bond motifs is 1. The molecule has 0 amide bonds. The quantitative estimate of drug-likeness (QED) is 0.269.